The van der Waals surface area contributed by atoms with E-state index in [1.54, 1.807) is 13.0 Å². The first-order valence-electron chi connectivity index (χ1n) is 9.16. The summed E-state index contributed by atoms with van der Waals surface area (Å²) in [5.41, 5.74) is 8.64. The number of anilines is 3. The Morgan fingerprint density at radius 1 is 1.10 bits per heavy atom. The number of thiophene rings is 1. The fraction of sp³-hybridized carbons (Fsp3) is 0.238. The number of carbonyl (C=O) groups excluding carboxylic acids is 1. The highest BCUT2D eigenvalue weighted by atomic mass is 32.1. The van der Waals surface area contributed by atoms with Gasteiger partial charge < -0.3 is 15.5 Å². The fourth-order valence-electron chi connectivity index (χ4n) is 3.52. The summed E-state index contributed by atoms with van der Waals surface area (Å²) in [4.78, 5) is 21.6. The summed E-state index contributed by atoms with van der Waals surface area (Å²) in [5, 5.41) is 19.5. The van der Waals surface area contributed by atoms with Crippen molar-refractivity contribution in [2.24, 2.45) is 0 Å². The maximum absolute atomic E-state index is 11.4. The normalized spacial score (nSPS) is 13.9. The number of carbonyl (C=O) groups is 1. The molecule has 0 saturated carbocycles. The molecule has 1 aliphatic rings. The van der Waals surface area contributed by atoms with Crippen LogP contribution in [0.5, 0.6) is 0 Å². The predicted octanol–water partition coefficient (Wildman–Crippen LogP) is 3.15. The Balaban J connectivity index is 1.56. The number of benzene rings is 1. The van der Waals surface area contributed by atoms with E-state index in [1.165, 1.54) is 11.3 Å². The molecule has 1 aliphatic heterocycles. The minimum absolute atomic E-state index is 0.0561. The molecule has 3 heterocycles. The van der Waals surface area contributed by atoms with Gasteiger partial charge in [0.1, 0.15) is 27.7 Å². The molecule has 3 aromatic rings. The molecule has 144 valence electrons. The van der Waals surface area contributed by atoms with Gasteiger partial charge in [-0.1, -0.05) is 0 Å². The molecule has 0 aliphatic carbocycles. The first-order valence-corrected chi connectivity index (χ1v) is 9.97. The molecular weight excluding hydrogens is 384 g/mol. The van der Waals surface area contributed by atoms with Crippen molar-refractivity contribution < 1.29 is 4.79 Å². The Labute approximate surface area is 172 Å². The van der Waals surface area contributed by atoms with Gasteiger partial charge >= 0.3 is 0 Å². The third-order valence-electron chi connectivity index (χ3n) is 5.14. The van der Waals surface area contributed by atoms with E-state index in [4.69, 9.17) is 5.73 Å². The lowest BCUT2D eigenvalue weighted by Crippen LogP contribution is -2.47. The van der Waals surface area contributed by atoms with Crippen molar-refractivity contribution in [2.45, 2.75) is 6.92 Å². The Morgan fingerprint density at radius 2 is 1.76 bits per heavy atom. The lowest BCUT2D eigenvalue weighted by Gasteiger charge is -2.37. The second-order valence-electron chi connectivity index (χ2n) is 6.86. The van der Waals surface area contributed by atoms with E-state index in [0.717, 1.165) is 18.8 Å². The van der Waals surface area contributed by atoms with Crippen LogP contribution in [0, 0.1) is 22.7 Å². The lowest BCUT2D eigenvalue weighted by atomic mass is 10.1. The predicted molar refractivity (Wildman–Crippen MR) is 114 cm³/mol. The maximum Gasteiger partial charge on any atom is 0.159 e. The van der Waals surface area contributed by atoms with Crippen LogP contribution in [0.25, 0.3) is 10.2 Å². The molecule has 1 saturated heterocycles. The average molecular weight is 402 g/mol. The van der Waals surface area contributed by atoms with Crippen LogP contribution in [0.4, 0.5) is 17.2 Å². The zero-order chi connectivity index (χ0) is 20.5. The van der Waals surface area contributed by atoms with Crippen molar-refractivity contribution in [3.05, 3.63) is 46.3 Å². The van der Waals surface area contributed by atoms with Gasteiger partial charge in [-0.25, -0.2) is 4.98 Å². The number of ketones is 1. The van der Waals surface area contributed by atoms with Crippen molar-refractivity contribution in [2.75, 3.05) is 41.7 Å². The summed E-state index contributed by atoms with van der Waals surface area (Å²) in [6.07, 6.45) is 0. The van der Waals surface area contributed by atoms with Crippen LogP contribution in [-0.2, 0) is 0 Å². The monoisotopic (exact) mass is 402 g/mol. The summed E-state index contributed by atoms with van der Waals surface area (Å²) >= 11 is 1.25. The van der Waals surface area contributed by atoms with Gasteiger partial charge in [0, 0.05) is 42.8 Å². The number of fused-ring (bicyclic) bond motifs is 1. The molecule has 7 nitrogen and oxygen atoms in total. The highest BCUT2D eigenvalue weighted by Crippen LogP contribution is 2.35. The number of nitrogens with two attached hydrogens (primary N) is 1. The van der Waals surface area contributed by atoms with Gasteiger partial charge in [0.15, 0.2) is 5.78 Å². The number of nitriles is 2. The average Bonchev–Trinajstić information content (AvgIpc) is 3.07. The first-order chi connectivity index (χ1) is 14.0. The Morgan fingerprint density at radius 3 is 2.34 bits per heavy atom. The summed E-state index contributed by atoms with van der Waals surface area (Å²) in [5.74, 6) is 0.693. The number of nitrogens with zero attached hydrogens (tertiary/aromatic N) is 5. The number of hydrogen-bond acceptors (Lipinski definition) is 8. The number of pyridine rings is 1. The first kappa shape index (κ1) is 18.7. The summed E-state index contributed by atoms with van der Waals surface area (Å²) < 4.78 is 0. The standard InChI is InChI=1S/C21H18N6OS/c1-13(28)14-2-4-16(5-3-14)26-6-8-27(9-7-26)20-15(11-22)10-17-19(24)18(12-23)29-21(17)25-20/h2-5,10H,6-9,24H2,1H3. The Bertz CT molecular complexity index is 1180. The van der Waals surface area contributed by atoms with Gasteiger partial charge in [0.2, 0.25) is 0 Å². The molecule has 0 amide bonds. The maximum atomic E-state index is 11.4. The molecule has 0 radical (unpaired) electrons. The minimum atomic E-state index is 0.0561. The quantitative estimate of drug-likeness (QED) is 0.670. The number of aromatic nitrogens is 1. The SMILES string of the molecule is CC(=O)c1ccc(N2CCN(c3nc4sc(C#N)c(N)c4cc3C#N)CC2)cc1. The van der Waals surface area contributed by atoms with Gasteiger partial charge in [0.05, 0.1) is 11.3 Å². The summed E-state index contributed by atoms with van der Waals surface area (Å²) in [6, 6.07) is 13.7. The van der Waals surface area contributed by atoms with Gasteiger partial charge in [-0.05, 0) is 37.3 Å². The van der Waals surface area contributed by atoms with Crippen LogP contribution in [0.2, 0.25) is 0 Å². The van der Waals surface area contributed by atoms with Crippen molar-refractivity contribution >= 4 is 44.5 Å². The zero-order valence-corrected chi connectivity index (χ0v) is 16.7. The second-order valence-corrected chi connectivity index (χ2v) is 7.86. The molecule has 0 bridgehead atoms. The van der Waals surface area contributed by atoms with Crippen molar-refractivity contribution in [3.8, 4) is 12.1 Å². The molecule has 1 aromatic carbocycles. The smallest absolute Gasteiger partial charge is 0.159 e. The lowest BCUT2D eigenvalue weighted by molar-refractivity contribution is 0.101. The molecule has 2 N–H and O–H groups in total. The van der Waals surface area contributed by atoms with Crippen molar-refractivity contribution in [1.29, 1.82) is 10.5 Å². The van der Waals surface area contributed by atoms with Gasteiger partial charge in [-0.3, -0.25) is 4.79 Å². The van der Waals surface area contributed by atoms with E-state index in [-0.39, 0.29) is 5.78 Å². The van der Waals surface area contributed by atoms with Crippen LogP contribution in [0.1, 0.15) is 27.7 Å². The topological polar surface area (TPSA) is 110 Å². The highest BCUT2D eigenvalue weighted by Gasteiger charge is 2.23. The molecule has 1 fully saturated rings. The second kappa shape index (κ2) is 7.42. The fourth-order valence-corrected chi connectivity index (χ4v) is 4.39. The largest absolute Gasteiger partial charge is 0.396 e. The van der Waals surface area contributed by atoms with Crippen LogP contribution in [-0.4, -0.2) is 36.9 Å². The molecule has 0 spiro atoms. The van der Waals surface area contributed by atoms with E-state index in [1.807, 2.05) is 24.3 Å². The molecule has 8 heteroatoms. The molecule has 29 heavy (non-hydrogen) atoms. The number of nitrogen functional groups attached to an aromatic ring is 1. The highest BCUT2D eigenvalue weighted by molar-refractivity contribution is 7.19. The van der Waals surface area contributed by atoms with Crippen LogP contribution < -0.4 is 15.5 Å². The number of rotatable bonds is 3. The molecule has 2 aromatic heterocycles. The number of hydrogen-bond donors (Lipinski definition) is 1. The molecule has 4 rings (SSSR count). The number of piperazine rings is 1. The third kappa shape index (κ3) is 3.35. The molecule has 0 atom stereocenters. The van der Waals surface area contributed by atoms with E-state index in [0.29, 0.717) is 50.8 Å². The minimum Gasteiger partial charge on any atom is -0.396 e. The van der Waals surface area contributed by atoms with E-state index in [2.05, 4.69) is 26.9 Å². The van der Waals surface area contributed by atoms with Crippen molar-refractivity contribution in [3.63, 3.8) is 0 Å². The van der Waals surface area contributed by atoms with Gasteiger partial charge in [0.25, 0.3) is 0 Å². The Hall–Kier alpha value is -3.62. The zero-order valence-electron chi connectivity index (χ0n) is 15.8. The van der Waals surface area contributed by atoms with Crippen LogP contribution in [0.3, 0.4) is 0 Å². The summed E-state index contributed by atoms with van der Waals surface area (Å²) in [7, 11) is 0. The van der Waals surface area contributed by atoms with E-state index in [9.17, 15) is 15.3 Å². The van der Waals surface area contributed by atoms with Crippen molar-refractivity contribution in [1.82, 2.24) is 4.98 Å². The number of Topliss-reactive ketones (excluding diaryl/α,β-unsaturated/α-hetero) is 1. The molecule has 0 unspecified atom stereocenters. The summed E-state index contributed by atoms with van der Waals surface area (Å²) in [6.45, 7) is 4.55. The van der Waals surface area contributed by atoms with Gasteiger partial charge in [-0.15, -0.1) is 11.3 Å². The van der Waals surface area contributed by atoms with Crippen LogP contribution >= 0.6 is 11.3 Å². The van der Waals surface area contributed by atoms with E-state index >= 15 is 0 Å². The van der Waals surface area contributed by atoms with Crippen LogP contribution in [0.15, 0.2) is 30.3 Å². The van der Waals surface area contributed by atoms with Gasteiger partial charge in [-0.2, -0.15) is 10.5 Å². The molecular formula is C21H18N6OS. The van der Waals surface area contributed by atoms with E-state index < -0.39 is 0 Å². The third-order valence-corrected chi connectivity index (χ3v) is 6.16. The Kier molecular flexibility index (Phi) is 4.79.